The molecule has 0 heterocycles. The van der Waals surface area contributed by atoms with E-state index in [0.29, 0.717) is 19.8 Å². The van der Waals surface area contributed by atoms with Crippen molar-refractivity contribution < 1.29 is 14.3 Å². The molecule has 1 amide bonds. The van der Waals surface area contributed by atoms with Gasteiger partial charge in [-0.2, -0.15) is 0 Å². The van der Waals surface area contributed by atoms with Crippen LogP contribution < -0.4 is 15.4 Å². The highest BCUT2D eigenvalue weighted by Gasteiger charge is 2.00. The van der Waals surface area contributed by atoms with Gasteiger partial charge in [0.25, 0.3) is 0 Å². The Bertz CT molecular complexity index is 393. The van der Waals surface area contributed by atoms with Gasteiger partial charge >= 0.3 is 0 Å². The third-order valence-corrected chi connectivity index (χ3v) is 2.86. The number of rotatable bonds is 11. The fourth-order valence-electron chi connectivity index (χ4n) is 1.68. The first-order chi connectivity index (χ1) is 10.3. The van der Waals surface area contributed by atoms with Crippen LogP contribution in [0.25, 0.3) is 0 Å². The maximum Gasteiger partial charge on any atom is 0.239 e. The molecule has 1 aromatic rings. The molecule has 0 atom stereocenters. The van der Waals surface area contributed by atoms with Gasteiger partial charge in [0.2, 0.25) is 5.91 Å². The van der Waals surface area contributed by atoms with Gasteiger partial charge in [-0.1, -0.05) is 13.3 Å². The Balaban J connectivity index is 2.22. The van der Waals surface area contributed by atoms with Crippen LogP contribution in [0.4, 0.5) is 5.69 Å². The fourth-order valence-corrected chi connectivity index (χ4v) is 1.68. The Kier molecular flexibility index (Phi) is 9.04. The molecule has 0 spiro atoms. The maximum atomic E-state index is 11.5. The average Bonchev–Trinajstić information content (AvgIpc) is 2.51. The monoisotopic (exact) mass is 294 g/mol. The van der Waals surface area contributed by atoms with E-state index < -0.39 is 0 Å². The van der Waals surface area contributed by atoms with Gasteiger partial charge in [-0.15, -0.1) is 0 Å². The van der Waals surface area contributed by atoms with Gasteiger partial charge in [0.05, 0.1) is 13.2 Å². The van der Waals surface area contributed by atoms with E-state index in [4.69, 9.17) is 9.47 Å². The summed E-state index contributed by atoms with van der Waals surface area (Å²) < 4.78 is 10.7. The summed E-state index contributed by atoms with van der Waals surface area (Å²) in [5.41, 5.74) is 0.901. The van der Waals surface area contributed by atoms with Gasteiger partial charge in [0.15, 0.2) is 0 Å². The number of unbranched alkanes of at least 4 members (excludes halogenated alkanes) is 1. The molecule has 5 heteroatoms. The van der Waals surface area contributed by atoms with Gasteiger partial charge < -0.3 is 20.1 Å². The number of nitrogens with one attached hydrogen (secondary N) is 2. The second-order valence-electron chi connectivity index (χ2n) is 4.63. The van der Waals surface area contributed by atoms with E-state index >= 15 is 0 Å². The highest BCUT2D eigenvalue weighted by atomic mass is 16.5. The first-order valence-corrected chi connectivity index (χ1v) is 7.57. The predicted octanol–water partition coefficient (Wildman–Crippen LogP) is 2.43. The van der Waals surface area contributed by atoms with Gasteiger partial charge in [-0.25, -0.2) is 0 Å². The summed E-state index contributed by atoms with van der Waals surface area (Å²) in [7, 11) is 0. The van der Waals surface area contributed by atoms with Crippen molar-refractivity contribution in [1.29, 1.82) is 0 Å². The minimum atomic E-state index is 0.0143. The quantitative estimate of drug-likeness (QED) is 0.615. The largest absolute Gasteiger partial charge is 0.491 e. The molecule has 118 valence electrons. The molecular weight excluding hydrogens is 268 g/mol. The van der Waals surface area contributed by atoms with Crippen LogP contribution in [0, 0.1) is 0 Å². The van der Waals surface area contributed by atoms with E-state index in [-0.39, 0.29) is 12.5 Å². The van der Waals surface area contributed by atoms with Crippen molar-refractivity contribution >= 4 is 11.6 Å². The molecular formula is C16H26N2O3. The third kappa shape index (κ3) is 8.19. The molecule has 2 N–H and O–H groups in total. The van der Waals surface area contributed by atoms with Crippen LogP contribution in [-0.4, -0.2) is 38.8 Å². The Morgan fingerprint density at radius 3 is 2.57 bits per heavy atom. The highest BCUT2D eigenvalue weighted by molar-refractivity contribution is 5.80. The molecule has 0 saturated heterocycles. The Hall–Kier alpha value is -1.75. The number of hydrogen-bond donors (Lipinski definition) is 2. The molecule has 0 aromatic heterocycles. The van der Waals surface area contributed by atoms with Gasteiger partial charge in [0, 0.05) is 18.8 Å². The standard InChI is InChI=1S/C16H26N2O3/c1-3-5-10-17-16(19)13-18-14-6-8-15(9-7-14)21-12-11-20-4-2/h6-9,18H,3-5,10-13H2,1-2H3,(H,17,19). The smallest absolute Gasteiger partial charge is 0.239 e. The second kappa shape index (κ2) is 11.0. The first kappa shape index (κ1) is 17.3. The zero-order valence-corrected chi connectivity index (χ0v) is 13.0. The zero-order chi connectivity index (χ0) is 15.3. The summed E-state index contributed by atoms with van der Waals surface area (Å²) in [5.74, 6) is 0.813. The summed E-state index contributed by atoms with van der Waals surface area (Å²) in [4.78, 5) is 11.5. The lowest BCUT2D eigenvalue weighted by molar-refractivity contribution is -0.119. The molecule has 1 aromatic carbocycles. The van der Waals surface area contributed by atoms with Crippen LogP contribution in [0.3, 0.4) is 0 Å². The summed E-state index contributed by atoms with van der Waals surface area (Å²) in [5, 5.41) is 5.95. The van der Waals surface area contributed by atoms with Crippen molar-refractivity contribution in [2.24, 2.45) is 0 Å². The van der Waals surface area contributed by atoms with Crippen molar-refractivity contribution in [2.45, 2.75) is 26.7 Å². The molecule has 0 aliphatic rings. The molecule has 0 bridgehead atoms. The minimum Gasteiger partial charge on any atom is -0.491 e. The molecule has 5 nitrogen and oxygen atoms in total. The van der Waals surface area contributed by atoms with E-state index in [1.54, 1.807) is 0 Å². The lowest BCUT2D eigenvalue weighted by atomic mass is 10.3. The topological polar surface area (TPSA) is 59.6 Å². The van der Waals surface area contributed by atoms with Crippen LogP contribution >= 0.6 is 0 Å². The van der Waals surface area contributed by atoms with Gasteiger partial charge in [0.1, 0.15) is 12.4 Å². The Morgan fingerprint density at radius 2 is 1.90 bits per heavy atom. The third-order valence-electron chi connectivity index (χ3n) is 2.86. The number of benzene rings is 1. The lowest BCUT2D eigenvalue weighted by Gasteiger charge is -2.09. The lowest BCUT2D eigenvalue weighted by Crippen LogP contribution is -2.30. The Morgan fingerprint density at radius 1 is 1.14 bits per heavy atom. The molecule has 0 saturated carbocycles. The van der Waals surface area contributed by atoms with Crippen LogP contribution in [0.5, 0.6) is 5.75 Å². The number of carbonyl (C=O) groups excluding carboxylic acids is 1. The molecule has 0 radical (unpaired) electrons. The molecule has 0 aliphatic carbocycles. The molecule has 0 unspecified atom stereocenters. The van der Waals surface area contributed by atoms with Crippen LogP contribution in [0.1, 0.15) is 26.7 Å². The minimum absolute atomic E-state index is 0.0143. The Labute approximate surface area is 127 Å². The summed E-state index contributed by atoms with van der Waals surface area (Å²) >= 11 is 0. The van der Waals surface area contributed by atoms with Crippen LogP contribution in [0.2, 0.25) is 0 Å². The van der Waals surface area contributed by atoms with E-state index in [1.807, 2.05) is 31.2 Å². The number of carbonyl (C=O) groups is 1. The first-order valence-electron chi connectivity index (χ1n) is 7.57. The zero-order valence-electron chi connectivity index (χ0n) is 13.0. The fraction of sp³-hybridized carbons (Fsp3) is 0.562. The number of amides is 1. The van der Waals surface area contributed by atoms with E-state index in [9.17, 15) is 4.79 Å². The van der Waals surface area contributed by atoms with Crippen molar-refractivity contribution in [1.82, 2.24) is 5.32 Å². The van der Waals surface area contributed by atoms with Crippen LogP contribution in [-0.2, 0) is 9.53 Å². The number of hydrogen-bond acceptors (Lipinski definition) is 4. The number of anilines is 1. The van der Waals surface area contributed by atoms with Crippen molar-refractivity contribution in [2.75, 3.05) is 38.2 Å². The molecule has 1 rings (SSSR count). The van der Waals surface area contributed by atoms with Gasteiger partial charge in [-0.05, 0) is 37.6 Å². The SMILES string of the molecule is CCCCNC(=O)CNc1ccc(OCCOCC)cc1. The molecule has 21 heavy (non-hydrogen) atoms. The summed E-state index contributed by atoms with van der Waals surface area (Å²) in [6.07, 6.45) is 2.10. The molecule has 0 aliphatic heterocycles. The summed E-state index contributed by atoms with van der Waals surface area (Å²) in [6, 6.07) is 7.55. The average molecular weight is 294 g/mol. The van der Waals surface area contributed by atoms with E-state index in [0.717, 1.165) is 30.8 Å². The highest BCUT2D eigenvalue weighted by Crippen LogP contribution is 2.15. The molecule has 0 fully saturated rings. The van der Waals surface area contributed by atoms with Crippen molar-refractivity contribution in [3.05, 3.63) is 24.3 Å². The summed E-state index contributed by atoms with van der Waals surface area (Å²) in [6.45, 7) is 6.92. The maximum absolute atomic E-state index is 11.5. The van der Waals surface area contributed by atoms with E-state index in [1.165, 1.54) is 0 Å². The number of ether oxygens (including phenoxy) is 2. The van der Waals surface area contributed by atoms with Gasteiger partial charge in [-0.3, -0.25) is 4.79 Å². The van der Waals surface area contributed by atoms with Crippen molar-refractivity contribution in [3.8, 4) is 5.75 Å². The normalized spacial score (nSPS) is 10.2. The second-order valence-corrected chi connectivity index (χ2v) is 4.63. The predicted molar refractivity (Wildman–Crippen MR) is 84.8 cm³/mol. The van der Waals surface area contributed by atoms with Crippen LogP contribution in [0.15, 0.2) is 24.3 Å². The van der Waals surface area contributed by atoms with E-state index in [2.05, 4.69) is 17.6 Å². The van der Waals surface area contributed by atoms with Crippen molar-refractivity contribution in [3.63, 3.8) is 0 Å².